The monoisotopic (exact) mass is 1250 g/mol. The van der Waals surface area contributed by atoms with E-state index in [-0.39, 0.29) is 17.4 Å². The molecule has 7 N–H and O–H groups in total. The summed E-state index contributed by atoms with van der Waals surface area (Å²) in [5, 5.41) is 12.8. The topological polar surface area (TPSA) is 190 Å². The number of unbranched alkanes of at least 4 members (excludes halogenated alkanes) is 7. The lowest BCUT2D eigenvalue weighted by atomic mass is 9.91. The van der Waals surface area contributed by atoms with Gasteiger partial charge in [0.05, 0.1) is 25.9 Å². The number of nitrogens with zero attached hydrogens (tertiary/aromatic N) is 3. The molecule has 3 aromatic rings. The molecule has 0 radical (unpaired) electrons. The highest BCUT2D eigenvalue weighted by molar-refractivity contribution is 7.53. The van der Waals surface area contributed by atoms with E-state index >= 15 is 0 Å². The highest BCUT2D eigenvalue weighted by atomic mass is 31.2. The number of aromatic nitrogens is 4. The number of benzene rings is 1. The second-order valence-corrected chi connectivity index (χ2v) is 30.3. The summed E-state index contributed by atoms with van der Waals surface area (Å²) in [4.78, 5) is 36.7. The summed E-state index contributed by atoms with van der Waals surface area (Å²) in [7, 11) is -1.10. The molecule has 6 unspecified atom stereocenters. The Balaban J connectivity index is 0.000000613. The maximum absolute atomic E-state index is 13.7. The molecule has 2 aromatic heterocycles. The first-order valence-corrected chi connectivity index (χ1v) is 38.1. The molecule has 1 amide bonds. The second-order valence-electron chi connectivity index (χ2n) is 28.1. The van der Waals surface area contributed by atoms with Crippen molar-refractivity contribution < 1.29 is 18.4 Å². The van der Waals surface area contributed by atoms with Crippen molar-refractivity contribution in [1.82, 2.24) is 35.5 Å². The Morgan fingerprint density at radius 2 is 0.977 bits per heavy atom. The number of hydrogen-bond acceptors (Lipinski definition) is 11. The standard InChI is InChI=1S/C44H92NO3P.C29H46N8O2/c1-37(2)19-12-21-39(5)23-14-25-41(7)27-16-29-43(9)31-34-47-49(46,36-18-33-45-11)48-35-32-44(10)30-17-28-42(8)26-15-24-40(6)22-13-20-38(3)4;1-3-5-17-31-18-11-9-7-8-10-12-20-32-27(38)23-15-13-22(14-16-23)21-37-26-24(34-29(37)39)25(30)35-28(36-26)33-19-6-4-2/h37-45H,12-36H2,1-11H3;13-16,31H,3-12,17-21H2,1-2H3,(H,32,38)(H,34,39)(H3,30,33,35,36). The third-order valence-electron chi connectivity index (χ3n) is 18.0. The molecule has 0 fully saturated rings. The zero-order valence-corrected chi connectivity index (χ0v) is 60.0. The fourth-order valence-corrected chi connectivity index (χ4v) is 13.3. The van der Waals surface area contributed by atoms with Gasteiger partial charge in [-0.2, -0.15) is 9.97 Å². The van der Waals surface area contributed by atoms with Gasteiger partial charge in [-0.1, -0.05) is 249 Å². The van der Waals surface area contributed by atoms with Crippen LogP contribution in [0.3, 0.4) is 0 Å². The van der Waals surface area contributed by atoms with Gasteiger partial charge in [0, 0.05) is 18.7 Å². The van der Waals surface area contributed by atoms with Crippen molar-refractivity contribution >= 4 is 36.4 Å². The van der Waals surface area contributed by atoms with E-state index in [4.69, 9.17) is 14.8 Å². The number of nitrogens with two attached hydrogens (primary N) is 1. The quantitative estimate of drug-likeness (QED) is 0.0233. The predicted molar refractivity (Wildman–Crippen MR) is 379 cm³/mol. The van der Waals surface area contributed by atoms with Crippen LogP contribution in [0.25, 0.3) is 11.2 Å². The van der Waals surface area contributed by atoms with Gasteiger partial charge in [-0.3, -0.25) is 13.9 Å². The highest BCUT2D eigenvalue weighted by Crippen LogP contribution is 2.49. The number of rotatable bonds is 55. The number of carbonyl (C=O) groups excluding carboxylic acids is 1. The minimum absolute atomic E-state index is 0.0766. The van der Waals surface area contributed by atoms with Gasteiger partial charge in [0.2, 0.25) is 5.95 Å². The Bertz CT molecular complexity index is 2220. The Hall–Kier alpha value is -3.29. The Kier molecular flexibility index (Phi) is 46.2. The summed E-state index contributed by atoms with van der Waals surface area (Å²) < 4.78 is 27.3. The van der Waals surface area contributed by atoms with Crippen LogP contribution in [0, 0.1) is 47.3 Å². The van der Waals surface area contributed by atoms with Crippen LogP contribution < -0.4 is 32.7 Å². The van der Waals surface area contributed by atoms with E-state index in [2.05, 4.69) is 119 Å². The molecule has 1 aromatic carbocycles. The molecular weight excluding hydrogens is 1110 g/mol. The molecule has 0 spiro atoms. The first kappa shape index (κ1) is 80.8. The summed E-state index contributed by atoms with van der Waals surface area (Å²) in [6, 6.07) is 7.31. The molecule has 15 heteroatoms. The van der Waals surface area contributed by atoms with E-state index in [1.807, 2.05) is 19.2 Å². The largest absolute Gasteiger partial charge is 0.382 e. The van der Waals surface area contributed by atoms with Gasteiger partial charge in [-0.15, -0.1) is 0 Å². The van der Waals surface area contributed by atoms with E-state index in [9.17, 15) is 14.2 Å². The van der Waals surface area contributed by atoms with E-state index < -0.39 is 7.60 Å². The minimum Gasteiger partial charge on any atom is -0.382 e. The van der Waals surface area contributed by atoms with Gasteiger partial charge in [-0.05, 0) is 137 Å². The number of aromatic amines is 1. The maximum Gasteiger partial charge on any atom is 0.330 e. The van der Waals surface area contributed by atoms with Crippen LogP contribution in [-0.4, -0.2) is 84.6 Å². The zero-order valence-electron chi connectivity index (χ0n) is 59.1. The molecular formula is C73H138N9O5P. The molecule has 0 aliphatic heterocycles. The zero-order chi connectivity index (χ0) is 64.8. The second kappa shape index (κ2) is 50.3. The number of imidazole rings is 1. The number of nitrogens with one attached hydrogen (secondary N) is 5. The van der Waals surface area contributed by atoms with Crippen molar-refractivity contribution in [3.63, 3.8) is 0 Å². The summed E-state index contributed by atoms with van der Waals surface area (Å²) in [6.45, 7) is 34.0. The molecule has 14 nitrogen and oxygen atoms in total. The van der Waals surface area contributed by atoms with E-state index in [1.54, 1.807) is 12.1 Å². The van der Waals surface area contributed by atoms with Crippen LogP contribution in [0.15, 0.2) is 29.1 Å². The van der Waals surface area contributed by atoms with E-state index in [0.29, 0.717) is 67.0 Å². The van der Waals surface area contributed by atoms with Crippen molar-refractivity contribution in [2.75, 3.05) is 70.2 Å². The van der Waals surface area contributed by atoms with Crippen LogP contribution >= 0.6 is 7.60 Å². The molecule has 0 saturated heterocycles. The molecule has 510 valence electrons. The Labute approximate surface area is 539 Å². The van der Waals surface area contributed by atoms with E-state index in [0.717, 1.165) is 112 Å². The highest BCUT2D eigenvalue weighted by Gasteiger charge is 2.25. The third-order valence-corrected chi connectivity index (χ3v) is 20.0. The number of anilines is 2. The third kappa shape index (κ3) is 39.9. The lowest BCUT2D eigenvalue weighted by Gasteiger charge is -2.21. The minimum atomic E-state index is -3.05. The fraction of sp³-hybridized carbons (Fsp3) is 0.836. The molecule has 3 rings (SSSR count). The lowest BCUT2D eigenvalue weighted by Crippen LogP contribution is -2.24. The number of H-pyrrole nitrogens is 1. The normalized spacial score (nSPS) is 14.6. The predicted octanol–water partition coefficient (Wildman–Crippen LogP) is 19.2. The Morgan fingerprint density at radius 1 is 0.545 bits per heavy atom. The van der Waals surface area contributed by atoms with Gasteiger partial charge in [0.1, 0.15) is 5.52 Å². The van der Waals surface area contributed by atoms with Crippen LogP contribution in [0.2, 0.25) is 0 Å². The van der Waals surface area contributed by atoms with Gasteiger partial charge >= 0.3 is 13.3 Å². The summed E-state index contributed by atoms with van der Waals surface area (Å²) in [5.74, 6) is 6.84. The molecule has 2 heterocycles. The van der Waals surface area contributed by atoms with Crippen molar-refractivity contribution in [2.24, 2.45) is 47.3 Å². The molecule has 0 aliphatic carbocycles. The summed E-state index contributed by atoms with van der Waals surface area (Å²) in [5.41, 5.74) is 8.14. The van der Waals surface area contributed by atoms with Gasteiger partial charge in [0.25, 0.3) is 5.91 Å². The van der Waals surface area contributed by atoms with Crippen LogP contribution in [0.1, 0.15) is 298 Å². The molecule has 0 aliphatic rings. The maximum atomic E-state index is 13.7. The average Bonchev–Trinajstić information content (AvgIpc) is 4.03. The van der Waals surface area contributed by atoms with Crippen LogP contribution in [0.5, 0.6) is 0 Å². The summed E-state index contributed by atoms with van der Waals surface area (Å²) >= 11 is 0. The van der Waals surface area contributed by atoms with Gasteiger partial charge < -0.3 is 41.0 Å². The number of amides is 1. The van der Waals surface area contributed by atoms with Gasteiger partial charge in [0.15, 0.2) is 11.5 Å². The molecule has 0 saturated carbocycles. The van der Waals surface area contributed by atoms with E-state index in [1.165, 1.54) is 159 Å². The molecule has 0 bridgehead atoms. The lowest BCUT2D eigenvalue weighted by molar-refractivity contribution is 0.0952. The fourth-order valence-electron chi connectivity index (χ4n) is 11.7. The number of carbonyl (C=O) groups is 1. The molecule has 6 atom stereocenters. The van der Waals surface area contributed by atoms with Crippen molar-refractivity contribution in [3.05, 3.63) is 45.9 Å². The van der Waals surface area contributed by atoms with Crippen LogP contribution in [0.4, 0.5) is 11.8 Å². The summed E-state index contributed by atoms with van der Waals surface area (Å²) in [6.07, 6.45) is 39.2. The number of fused-ring (bicyclic) bond motifs is 1. The SMILES string of the molecule is CCCCNCCCCCCCCNC(=O)c1ccc(Cn2c(=O)[nH]c3c(N)nc(NCCCC)nc32)cc1.CNCCCP(=O)(OCCC(C)CCCC(C)CCCC(C)CCCC(C)C)OCCC(C)CCCC(C)CCCC(C)CCCC(C)C. The molecule has 88 heavy (non-hydrogen) atoms. The van der Waals surface area contributed by atoms with Gasteiger partial charge in [-0.25, -0.2) is 4.79 Å². The number of hydrogen-bond donors (Lipinski definition) is 6. The van der Waals surface area contributed by atoms with Crippen molar-refractivity contribution in [1.29, 1.82) is 0 Å². The first-order valence-electron chi connectivity index (χ1n) is 36.4. The Morgan fingerprint density at radius 3 is 1.44 bits per heavy atom. The number of nitrogen functional groups attached to an aromatic ring is 1. The average molecular weight is 1250 g/mol. The van der Waals surface area contributed by atoms with Crippen LogP contribution in [-0.2, 0) is 20.2 Å². The van der Waals surface area contributed by atoms with Crippen molar-refractivity contribution in [3.8, 4) is 0 Å². The van der Waals surface area contributed by atoms with Crippen molar-refractivity contribution in [2.45, 2.75) is 289 Å². The first-order chi connectivity index (χ1) is 42.3. The smallest absolute Gasteiger partial charge is 0.330 e.